The van der Waals surface area contributed by atoms with Gasteiger partial charge in [0.15, 0.2) is 0 Å². The van der Waals surface area contributed by atoms with Gasteiger partial charge in [0.05, 0.1) is 10.8 Å². The van der Waals surface area contributed by atoms with E-state index < -0.39 is 16.0 Å². The van der Waals surface area contributed by atoms with Crippen molar-refractivity contribution in [2.75, 3.05) is 26.2 Å². The largest absolute Gasteiger partial charge is 0.426 e. The molecule has 3 rings (SSSR count). The summed E-state index contributed by atoms with van der Waals surface area (Å²) in [4.78, 5) is 25.4. The first-order valence-electron chi connectivity index (χ1n) is 7.95. The molecule has 1 aliphatic heterocycles. The van der Waals surface area contributed by atoms with E-state index in [1.807, 2.05) is 0 Å². The first kappa shape index (κ1) is 16.9. The Morgan fingerprint density at radius 3 is 2.29 bits per heavy atom. The highest BCUT2D eigenvalue weighted by Gasteiger charge is 2.41. The molecule has 0 bridgehead atoms. The van der Waals surface area contributed by atoms with Crippen molar-refractivity contribution < 1.29 is 22.7 Å². The van der Waals surface area contributed by atoms with Crippen LogP contribution in [-0.2, 0) is 14.8 Å². The Hall–Kier alpha value is -1.93. The van der Waals surface area contributed by atoms with Crippen LogP contribution in [0.2, 0.25) is 0 Å². The predicted octanol–water partition coefficient (Wildman–Crippen LogP) is 0.862. The molecule has 0 spiro atoms. The van der Waals surface area contributed by atoms with E-state index in [1.54, 1.807) is 29.2 Å². The van der Waals surface area contributed by atoms with Gasteiger partial charge in [-0.1, -0.05) is 12.1 Å². The molecule has 0 radical (unpaired) electrons. The van der Waals surface area contributed by atoms with E-state index in [4.69, 9.17) is 4.74 Å². The Bertz CT molecular complexity index is 749. The second kappa shape index (κ2) is 6.52. The van der Waals surface area contributed by atoms with E-state index in [0.29, 0.717) is 31.7 Å². The average Bonchev–Trinajstić information content (AvgIpc) is 3.40. The number of esters is 1. The number of carbonyl (C=O) groups is 2. The van der Waals surface area contributed by atoms with Gasteiger partial charge in [-0.05, 0) is 25.0 Å². The number of piperazine rings is 1. The number of para-hydroxylation sites is 1. The predicted molar refractivity (Wildman–Crippen MR) is 87.2 cm³/mol. The summed E-state index contributed by atoms with van der Waals surface area (Å²) in [5, 5.41) is -0.232. The number of hydrogen-bond acceptors (Lipinski definition) is 5. The quantitative estimate of drug-likeness (QED) is 0.593. The first-order chi connectivity index (χ1) is 11.4. The average molecular weight is 352 g/mol. The minimum atomic E-state index is -3.20. The lowest BCUT2D eigenvalue weighted by Crippen LogP contribution is -2.51. The molecular weight excluding hydrogens is 332 g/mol. The number of carbonyl (C=O) groups excluding carboxylic acids is 2. The lowest BCUT2D eigenvalue weighted by atomic mass is 10.1. The van der Waals surface area contributed by atoms with Crippen LogP contribution in [0.15, 0.2) is 24.3 Å². The standard InChI is InChI=1S/C16H20N2O5S/c1-12(19)23-15-5-3-2-4-14(15)16(20)17-8-10-18(11-9-17)24(21,22)13-6-7-13/h2-5,13H,6-11H2,1H3. The molecule has 2 fully saturated rings. The Balaban J connectivity index is 1.68. The van der Waals surface area contributed by atoms with Crippen LogP contribution in [0.5, 0.6) is 5.75 Å². The first-order valence-corrected chi connectivity index (χ1v) is 9.45. The third-order valence-electron chi connectivity index (χ3n) is 4.20. The van der Waals surface area contributed by atoms with Crippen molar-refractivity contribution in [2.45, 2.75) is 25.0 Å². The van der Waals surface area contributed by atoms with E-state index in [-0.39, 0.29) is 16.9 Å². The van der Waals surface area contributed by atoms with Gasteiger partial charge >= 0.3 is 5.97 Å². The van der Waals surface area contributed by atoms with Crippen molar-refractivity contribution in [3.05, 3.63) is 29.8 Å². The third kappa shape index (κ3) is 3.44. The molecule has 1 saturated carbocycles. The molecule has 0 aromatic heterocycles. The van der Waals surface area contributed by atoms with Crippen molar-refractivity contribution in [3.8, 4) is 5.75 Å². The molecule has 0 unspecified atom stereocenters. The highest BCUT2D eigenvalue weighted by Crippen LogP contribution is 2.31. The van der Waals surface area contributed by atoms with Gasteiger partial charge in [0, 0.05) is 33.1 Å². The van der Waals surface area contributed by atoms with Crippen LogP contribution in [0.1, 0.15) is 30.1 Å². The van der Waals surface area contributed by atoms with E-state index >= 15 is 0 Å². The molecule has 1 aliphatic carbocycles. The third-order valence-corrected chi connectivity index (χ3v) is 6.60. The van der Waals surface area contributed by atoms with Crippen LogP contribution < -0.4 is 4.74 Å². The van der Waals surface area contributed by atoms with Gasteiger partial charge in [0.1, 0.15) is 5.75 Å². The van der Waals surface area contributed by atoms with Gasteiger partial charge in [0.2, 0.25) is 10.0 Å². The van der Waals surface area contributed by atoms with Gasteiger partial charge in [-0.3, -0.25) is 9.59 Å². The fraction of sp³-hybridized carbons (Fsp3) is 0.500. The summed E-state index contributed by atoms with van der Waals surface area (Å²) in [5.41, 5.74) is 0.311. The minimum Gasteiger partial charge on any atom is -0.426 e. The SMILES string of the molecule is CC(=O)Oc1ccccc1C(=O)N1CCN(S(=O)(=O)C2CC2)CC1. The fourth-order valence-corrected chi connectivity index (χ4v) is 4.61. The highest BCUT2D eigenvalue weighted by molar-refractivity contribution is 7.90. The van der Waals surface area contributed by atoms with Crippen LogP contribution in [-0.4, -0.2) is 60.9 Å². The molecule has 0 N–H and O–H groups in total. The van der Waals surface area contributed by atoms with E-state index in [1.165, 1.54) is 11.2 Å². The van der Waals surface area contributed by atoms with Gasteiger partial charge in [-0.2, -0.15) is 4.31 Å². The molecule has 1 aromatic rings. The van der Waals surface area contributed by atoms with Crippen molar-refractivity contribution >= 4 is 21.9 Å². The summed E-state index contributed by atoms with van der Waals surface area (Å²) in [7, 11) is -3.20. The summed E-state index contributed by atoms with van der Waals surface area (Å²) >= 11 is 0. The molecule has 8 heteroatoms. The molecule has 130 valence electrons. The summed E-state index contributed by atoms with van der Waals surface area (Å²) < 4.78 is 31.0. The Morgan fingerprint density at radius 2 is 1.71 bits per heavy atom. The lowest BCUT2D eigenvalue weighted by molar-refractivity contribution is -0.131. The van der Waals surface area contributed by atoms with Gasteiger partial charge in [-0.25, -0.2) is 8.42 Å². The molecule has 7 nitrogen and oxygen atoms in total. The fourth-order valence-electron chi connectivity index (χ4n) is 2.78. The van der Waals surface area contributed by atoms with Crippen LogP contribution in [0, 0.1) is 0 Å². The molecule has 1 saturated heterocycles. The molecule has 2 aliphatic rings. The van der Waals surface area contributed by atoms with Gasteiger partial charge in [0.25, 0.3) is 5.91 Å². The van der Waals surface area contributed by atoms with Gasteiger partial charge in [-0.15, -0.1) is 0 Å². The molecule has 24 heavy (non-hydrogen) atoms. The van der Waals surface area contributed by atoms with E-state index in [0.717, 1.165) is 12.8 Å². The number of benzene rings is 1. The molecule has 0 atom stereocenters. The topological polar surface area (TPSA) is 84.0 Å². The molecule has 1 aromatic carbocycles. The minimum absolute atomic E-state index is 0.225. The zero-order valence-corrected chi connectivity index (χ0v) is 14.3. The summed E-state index contributed by atoms with van der Waals surface area (Å²) in [6, 6.07) is 6.57. The molecular formula is C16H20N2O5S. The second-order valence-electron chi connectivity index (χ2n) is 6.03. The number of amides is 1. The monoisotopic (exact) mass is 352 g/mol. The summed E-state index contributed by atoms with van der Waals surface area (Å²) in [6.45, 7) is 2.56. The maximum Gasteiger partial charge on any atom is 0.308 e. The Morgan fingerprint density at radius 1 is 1.08 bits per heavy atom. The summed E-state index contributed by atoms with van der Waals surface area (Å²) in [6.07, 6.45) is 1.47. The van der Waals surface area contributed by atoms with E-state index in [9.17, 15) is 18.0 Å². The van der Waals surface area contributed by atoms with Crippen molar-refractivity contribution in [2.24, 2.45) is 0 Å². The highest BCUT2D eigenvalue weighted by atomic mass is 32.2. The van der Waals surface area contributed by atoms with Crippen LogP contribution in [0.4, 0.5) is 0 Å². The van der Waals surface area contributed by atoms with Crippen molar-refractivity contribution in [3.63, 3.8) is 0 Å². The number of rotatable bonds is 4. The normalized spacial score (nSPS) is 19.1. The Labute approximate surface area is 141 Å². The number of sulfonamides is 1. The van der Waals surface area contributed by atoms with Crippen LogP contribution in [0.3, 0.4) is 0 Å². The molecule has 1 amide bonds. The maximum atomic E-state index is 12.7. The number of nitrogens with zero attached hydrogens (tertiary/aromatic N) is 2. The number of hydrogen-bond donors (Lipinski definition) is 0. The van der Waals surface area contributed by atoms with Crippen molar-refractivity contribution in [1.82, 2.24) is 9.21 Å². The number of ether oxygens (including phenoxy) is 1. The smallest absolute Gasteiger partial charge is 0.308 e. The second-order valence-corrected chi connectivity index (χ2v) is 8.24. The van der Waals surface area contributed by atoms with Crippen molar-refractivity contribution in [1.29, 1.82) is 0 Å². The zero-order chi connectivity index (χ0) is 17.3. The van der Waals surface area contributed by atoms with Crippen LogP contribution >= 0.6 is 0 Å². The van der Waals surface area contributed by atoms with Gasteiger partial charge < -0.3 is 9.64 Å². The molecule has 1 heterocycles. The Kier molecular flexibility index (Phi) is 4.60. The van der Waals surface area contributed by atoms with E-state index in [2.05, 4.69) is 0 Å². The lowest BCUT2D eigenvalue weighted by Gasteiger charge is -2.34. The maximum absolute atomic E-state index is 12.7. The zero-order valence-electron chi connectivity index (χ0n) is 13.5. The van der Waals surface area contributed by atoms with Crippen LogP contribution in [0.25, 0.3) is 0 Å². The summed E-state index contributed by atoms with van der Waals surface area (Å²) in [5.74, 6) is -0.519.